The minimum Gasteiger partial charge on any atom is -0.495 e. The summed E-state index contributed by atoms with van der Waals surface area (Å²) >= 11 is 5.91. The van der Waals surface area contributed by atoms with E-state index in [-0.39, 0.29) is 5.56 Å². The Bertz CT molecular complexity index is 533. The molecule has 0 bridgehead atoms. The van der Waals surface area contributed by atoms with Crippen LogP contribution in [0, 0.1) is 0 Å². The molecule has 78 valence electrons. The van der Waals surface area contributed by atoms with Gasteiger partial charge in [0.1, 0.15) is 5.75 Å². The second-order valence-corrected chi connectivity index (χ2v) is 3.45. The van der Waals surface area contributed by atoms with E-state index >= 15 is 0 Å². The molecule has 0 saturated heterocycles. The van der Waals surface area contributed by atoms with Gasteiger partial charge < -0.3 is 14.8 Å². The van der Waals surface area contributed by atoms with E-state index < -0.39 is 5.97 Å². The van der Waals surface area contributed by atoms with Crippen LogP contribution in [0.2, 0.25) is 5.02 Å². The van der Waals surface area contributed by atoms with Crippen LogP contribution < -0.4 is 4.74 Å². The predicted molar refractivity (Wildman–Crippen MR) is 56.8 cm³/mol. The highest BCUT2D eigenvalue weighted by Crippen LogP contribution is 2.31. The van der Waals surface area contributed by atoms with Crippen molar-refractivity contribution >= 4 is 28.5 Å². The standard InChI is InChI=1S/C10H8ClNO3/c1-15-9-3-8-5(2-7(9)11)6(4-12-8)10(13)14/h2-4,12H,1H3,(H,13,14). The Morgan fingerprint density at radius 1 is 1.53 bits per heavy atom. The Labute approximate surface area is 90.4 Å². The van der Waals surface area contributed by atoms with E-state index in [1.807, 2.05) is 0 Å². The zero-order valence-electron chi connectivity index (χ0n) is 7.87. The Kier molecular flexibility index (Phi) is 2.28. The zero-order valence-corrected chi connectivity index (χ0v) is 8.63. The summed E-state index contributed by atoms with van der Waals surface area (Å²) in [6.45, 7) is 0. The van der Waals surface area contributed by atoms with E-state index in [4.69, 9.17) is 21.4 Å². The molecule has 0 aliphatic heterocycles. The largest absolute Gasteiger partial charge is 0.495 e. The highest BCUT2D eigenvalue weighted by atomic mass is 35.5. The number of hydrogen-bond donors (Lipinski definition) is 2. The summed E-state index contributed by atoms with van der Waals surface area (Å²) in [5.74, 6) is -0.467. The average molecular weight is 226 g/mol. The van der Waals surface area contributed by atoms with Crippen LogP contribution in [-0.4, -0.2) is 23.2 Å². The van der Waals surface area contributed by atoms with Crippen LogP contribution in [0.4, 0.5) is 0 Å². The summed E-state index contributed by atoms with van der Waals surface area (Å²) in [5, 5.41) is 9.87. The molecular weight excluding hydrogens is 218 g/mol. The van der Waals surface area contributed by atoms with Crippen LogP contribution in [0.3, 0.4) is 0 Å². The fraction of sp³-hybridized carbons (Fsp3) is 0.100. The number of fused-ring (bicyclic) bond motifs is 1. The van der Waals surface area contributed by atoms with Gasteiger partial charge in [-0.1, -0.05) is 11.6 Å². The van der Waals surface area contributed by atoms with Crippen molar-refractivity contribution in [1.82, 2.24) is 4.98 Å². The first-order valence-corrected chi connectivity index (χ1v) is 4.59. The molecule has 0 aliphatic rings. The van der Waals surface area contributed by atoms with Gasteiger partial charge in [0.25, 0.3) is 0 Å². The number of benzene rings is 1. The van der Waals surface area contributed by atoms with Crippen molar-refractivity contribution in [3.05, 3.63) is 28.9 Å². The van der Waals surface area contributed by atoms with E-state index in [1.54, 1.807) is 12.1 Å². The van der Waals surface area contributed by atoms with E-state index in [0.29, 0.717) is 21.7 Å². The van der Waals surface area contributed by atoms with Gasteiger partial charge in [-0.2, -0.15) is 0 Å². The minimum absolute atomic E-state index is 0.203. The number of aromatic amines is 1. The van der Waals surface area contributed by atoms with Crippen LogP contribution in [0.5, 0.6) is 5.75 Å². The van der Waals surface area contributed by atoms with Gasteiger partial charge in [-0.05, 0) is 6.07 Å². The minimum atomic E-state index is -0.984. The summed E-state index contributed by atoms with van der Waals surface area (Å²) in [7, 11) is 1.51. The molecule has 15 heavy (non-hydrogen) atoms. The fourth-order valence-corrected chi connectivity index (χ4v) is 1.70. The Hall–Kier alpha value is -1.68. The van der Waals surface area contributed by atoms with E-state index in [1.165, 1.54) is 13.3 Å². The number of aromatic nitrogens is 1. The first-order valence-electron chi connectivity index (χ1n) is 4.21. The van der Waals surface area contributed by atoms with Crippen LogP contribution in [0.15, 0.2) is 18.3 Å². The molecule has 0 fully saturated rings. The number of carboxylic acid groups (broad SMARTS) is 1. The molecule has 0 spiro atoms. The molecule has 2 aromatic rings. The van der Waals surface area contributed by atoms with Crippen molar-refractivity contribution in [2.24, 2.45) is 0 Å². The molecule has 0 saturated carbocycles. The molecule has 1 aromatic heterocycles. The monoisotopic (exact) mass is 225 g/mol. The van der Waals surface area contributed by atoms with Crippen molar-refractivity contribution < 1.29 is 14.6 Å². The maximum atomic E-state index is 10.8. The van der Waals surface area contributed by atoms with Crippen molar-refractivity contribution in [2.45, 2.75) is 0 Å². The molecule has 2 N–H and O–H groups in total. The summed E-state index contributed by atoms with van der Waals surface area (Å²) in [6.07, 6.45) is 1.43. The third-order valence-electron chi connectivity index (χ3n) is 2.18. The number of ether oxygens (including phenoxy) is 1. The molecule has 0 amide bonds. The Morgan fingerprint density at radius 3 is 2.87 bits per heavy atom. The van der Waals surface area contributed by atoms with Gasteiger partial charge in [0.2, 0.25) is 0 Å². The number of nitrogens with one attached hydrogen (secondary N) is 1. The third kappa shape index (κ3) is 1.53. The van der Waals surface area contributed by atoms with Crippen molar-refractivity contribution in [3.8, 4) is 5.75 Å². The summed E-state index contributed by atoms with van der Waals surface area (Å²) in [4.78, 5) is 13.7. The first kappa shape index (κ1) is 9.86. The number of carboxylic acids is 1. The normalized spacial score (nSPS) is 10.5. The number of hydrogen-bond acceptors (Lipinski definition) is 2. The smallest absolute Gasteiger partial charge is 0.337 e. The fourth-order valence-electron chi connectivity index (χ4n) is 1.46. The highest BCUT2D eigenvalue weighted by Gasteiger charge is 2.12. The van der Waals surface area contributed by atoms with E-state index in [2.05, 4.69) is 4.98 Å². The first-order chi connectivity index (χ1) is 7.13. The molecule has 0 atom stereocenters. The van der Waals surface area contributed by atoms with Crippen molar-refractivity contribution in [3.63, 3.8) is 0 Å². The Balaban J connectivity index is 2.73. The van der Waals surface area contributed by atoms with Gasteiger partial charge in [-0.3, -0.25) is 0 Å². The van der Waals surface area contributed by atoms with Gasteiger partial charge in [0.15, 0.2) is 0 Å². The lowest BCUT2D eigenvalue weighted by Gasteiger charge is -2.02. The van der Waals surface area contributed by atoms with Gasteiger partial charge >= 0.3 is 5.97 Å². The second kappa shape index (κ2) is 3.47. The molecule has 1 aromatic carbocycles. The van der Waals surface area contributed by atoms with Gasteiger partial charge in [0, 0.05) is 17.6 Å². The van der Waals surface area contributed by atoms with Crippen molar-refractivity contribution in [1.29, 1.82) is 0 Å². The number of methoxy groups -OCH3 is 1. The molecular formula is C10H8ClNO3. The van der Waals surface area contributed by atoms with E-state index in [0.717, 1.165) is 0 Å². The quantitative estimate of drug-likeness (QED) is 0.826. The van der Waals surface area contributed by atoms with Crippen molar-refractivity contribution in [2.75, 3.05) is 7.11 Å². The topological polar surface area (TPSA) is 62.3 Å². The molecule has 0 aliphatic carbocycles. The number of H-pyrrole nitrogens is 1. The second-order valence-electron chi connectivity index (χ2n) is 3.04. The molecule has 0 unspecified atom stereocenters. The SMILES string of the molecule is COc1cc2[nH]cc(C(=O)O)c2cc1Cl. The number of rotatable bonds is 2. The number of aromatic carboxylic acids is 1. The number of halogens is 1. The van der Waals surface area contributed by atoms with E-state index in [9.17, 15) is 4.79 Å². The molecule has 4 nitrogen and oxygen atoms in total. The van der Waals surface area contributed by atoms with Gasteiger partial charge in [-0.25, -0.2) is 4.79 Å². The van der Waals surface area contributed by atoms with Crippen LogP contribution in [0.1, 0.15) is 10.4 Å². The molecule has 0 radical (unpaired) electrons. The lowest BCUT2D eigenvalue weighted by atomic mass is 10.2. The van der Waals surface area contributed by atoms with Gasteiger partial charge in [0.05, 0.1) is 23.2 Å². The average Bonchev–Trinajstić information content (AvgIpc) is 2.59. The zero-order chi connectivity index (χ0) is 11.0. The Morgan fingerprint density at radius 2 is 2.27 bits per heavy atom. The van der Waals surface area contributed by atoms with Crippen LogP contribution in [0.25, 0.3) is 10.9 Å². The van der Waals surface area contributed by atoms with Crippen LogP contribution >= 0.6 is 11.6 Å². The lowest BCUT2D eigenvalue weighted by molar-refractivity contribution is 0.0699. The van der Waals surface area contributed by atoms with Gasteiger partial charge in [-0.15, -0.1) is 0 Å². The molecule has 5 heteroatoms. The van der Waals surface area contributed by atoms with Crippen LogP contribution in [-0.2, 0) is 0 Å². The molecule has 1 heterocycles. The summed E-state index contributed by atoms with van der Waals surface area (Å²) in [5.41, 5.74) is 0.892. The molecule has 2 rings (SSSR count). The predicted octanol–water partition coefficient (Wildman–Crippen LogP) is 2.53. The number of carbonyl (C=O) groups is 1. The summed E-state index contributed by atoms with van der Waals surface area (Å²) < 4.78 is 5.02. The summed E-state index contributed by atoms with van der Waals surface area (Å²) in [6, 6.07) is 3.25. The maximum Gasteiger partial charge on any atom is 0.337 e. The third-order valence-corrected chi connectivity index (χ3v) is 2.48. The maximum absolute atomic E-state index is 10.8. The lowest BCUT2D eigenvalue weighted by Crippen LogP contribution is -1.93. The highest BCUT2D eigenvalue weighted by molar-refractivity contribution is 6.33.